The first-order chi connectivity index (χ1) is 9.76. The number of rotatable bonds is 4. The molecule has 0 saturated heterocycles. The van der Waals surface area contributed by atoms with Crippen LogP contribution in [-0.2, 0) is 13.2 Å². The molecule has 7 nitrogen and oxygen atoms in total. The Balaban J connectivity index is 1.82. The zero-order valence-electron chi connectivity index (χ0n) is 10.3. The molecule has 8 heteroatoms. The molecule has 0 atom stereocenters. The molecule has 0 unspecified atom stereocenters. The predicted octanol–water partition coefficient (Wildman–Crippen LogP) is 1.63. The van der Waals surface area contributed by atoms with Gasteiger partial charge in [-0.15, -0.1) is 15.3 Å². The number of aromatic nitrogens is 5. The van der Waals surface area contributed by atoms with Crippen molar-refractivity contribution < 1.29 is 9.52 Å². The Hall–Kier alpha value is -2.06. The van der Waals surface area contributed by atoms with E-state index in [4.69, 9.17) is 9.52 Å². The maximum absolute atomic E-state index is 8.93. The van der Waals surface area contributed by atoms with Crippen LogP contribution in [0.25, 0.3) is 11.5 Å². The average molecular weight is 336 g/mol. The van der Waals surface area contributed by atoms with Crippen molar-refractivity contribution in [3.63, 3.8) is 0 Å². The minimum atomic E-state index is -0.147. The molecule has 0 bridgehead atoms. The third-order valence-corrected chi connectivity index (χ3v) is 3.31. The fraction of sp³-hybridized carbons (Fsp3) is 0.167. The van der Waals surface area contributed by atoms with E-state index >= 15 is 0 Å². The normalized spacial score (nSPS) is 10.9. The lowest BCUT2D eigenvalue weighted by Crippen LogP contribution is -2.00. The van der Waals surface area contributed by atoms with Gasteiger partial charge in [0.15, 0.2) is 0 Å². The van der Waals surface area contributed by atoms with Crippen molar-refractivity contribution in [2.24, 2.45) is 0 Å². The number of hydrogen-bond donors (Lipinski definition) is 1. The van der Waals surface area contributed by atoms with E-state index in [9.17, 15) is 0 Å². The quantitative estimate of drug-likeness (QED) is 0.779. The van der Waals surface area contributed by atoms with Gasteiger partial charge in [0.25, 0.3) is 0 Å². The molecule has 102 valence electrons. The Kier molecular flexibility index (Phi) is 3.57. The average Bonchev–Trinajstić information content (AvgIpc) is 3.09. The van der Waals surface area contributed by atoms with E-state index < -0.39 is 0 Å². The molecular weight excluding hydrogens is 326 g/mol. The van der Waals surface area contributed by atoms with Crippen LogP contribution < -0.4 is 0 Å². The van der Waals surface area contributed by atoms with Crippen molar-refractivity contribution in [3.05, 3.63) is 46.5 Å². The number of aliphatic hydroxyl groups is 1. The van der Waals surface area contributed by atoms with Crippen molar-refractivity contribution in [2.45, 2.75) is 13.2 Å². The molecule has 1 aromatic carbocycles. The molecular formula is C12H10BrN5O2. The Bertz CT molecular complexity index is 724. The van der Waals surface area contributed by atoms with Gasteiger partial charge in [-0.2, -0.15) is 0 Å². The summed E-state index contributed by atoms with van der Waals surface area (Å²) in [4.78, 5) is 0. The van der Waals surface area contributed by atoms with E-state index in [-0.39, 0.29) is 6.61 Å². The largest absolute Gasteiger partial charge is 0.419 e. The van der Waals surface area contributed by atoms with Crippen LogP contribution in [0.5, 0.6) is 0 Å². The second-order valence-corrected chi connectivity index (χ2v) is 4.90. The standard InChI is InChI=1S/C12H10BrN5O2/c13-10-4-2-1-3-9(10)12-16-15-11(20-12)6-18-5-8(7-19)14-17-18/h1-5,19H,6-7H2. The highest BCUT2D eigenvalue weighted by molar-refractivity contribution is 9.10. The fourth-order valence-electron chi connectivity index (χ4n) is 1.69. The monoisotopic (exact) mass is 335 g/mol. The van der Waals surface area contributed by atoms with E-state index in [1.165, 1.54) is 4.68 Å². The van der Waals surface area contributed by atoms with Gasteiger partial charge >= 0.3 is 0 Å². The molecule has 0 saturated carbocycles. The number of hydrogen-bond acceptors (Lipinski definition) is 6. The topological polar surface area (TPSA) is 89.9 Å². The molecule has 0 aliphatic rings. The fourth-order valence-corrected chi connectivity index (χ4v) is 2.14. The lowest BCUT2D eigenvalue weighted by atomic mass is 10.2. The zero-order chi connectivity index (χ0) is 13.9. The van der Waals surface area contributed by atoms with Gasteiger partial charge in [-0.25, -0.2) is 4.68 Å². The van der Waals surface area contributed by atoms with Crippen LogP contribution in [0.3, 0.4) is 0 Å². The van der Waals surface area contributed by atoms with Crippen molar-refractivity contribution in [3.8, 4) is 11.5 Å². The first-order valence-corrected chi connectivity index (χ1v) is 6.62. The number of halogens is 1. The summed E-state index contributed by atoms with van der Waals surface area (Å²) in [5.41, 5.74) is 1.33. The minimum absolute atomic E-state index is 0.147. The summed E-state index contributed by atoms with van der Waals surface area (Å²) in [6.07, 6.45) is 1.63. The molecule has 0 spiro atoms. The van der Waals surface area contributed by atoms with Crippen molar-refractivity contribution in [2.75, 3.05) is 0 Å². The lowest BCUT2D eigenvalue weighted by molar-refractivity contribution is 0.276. The summed E-state index contributed by atoms with van der Waals surface area (Å²) in [6, 6.07) is 7.61. The smallest absolute Gasteiger partial charge is 0.248 e. The first-order valence-electron chi connectivity index (χ1n) is 5.83. The van der Waals surface area contributed by atoms with Gasteiger partial charge < -0.3 is 9.52 Å². The van der Waals surface area contributed by atoms with Gasteiger partial charge in [0.2, 0.25) is 11.8 Å². The van der Waals surface area contributed by atoms with Gasteiger partial charge in [-0.1, -0.05) is 17.3 Å². The molecule has 3 rings (SSSR count). The Labute approximate surface area is 122 Å². The van der Waals surface area contributed by atoms with Crippen molar-refractivity contribution >= 4 is 15.9 Å². The summed E-state index contributed by atoms with van der Waals surface area (Å²) < 4.78 is 8.01. The van der Waals surface area contributed by atoms with Gasteiger partial charge in [0.1, 0.15) is 12.2 Å². The molecule has 20 heavy (non-hydrogen) atoms. The van der Waals surface area contributed by atoms with Crippen LogP contribution in [0, 0.1) is 0 Å². The van der Waals surface area contributed by atoms with E-state index in [0.717, 1.165) is 10.0 Å². The molecule has 2 aromatic heterocycles. The predicted molar refractivity (Wildman–Crippen MR) is 72.5 cm³/mol. The molecule has 0 aliphatic carbocycles. The van der Waals surface area contributed by atoms with Gasteiger partial charge in [-0.3, -0.25) is 0 Å². The first kappa shape index (κ1) is 12.9. The molecule has 3 aromatic rings. The second-order valence-electron chi connectivity index (χ2n) is 4.05. The lowest BCUT2D eigenvalue weighted by Gasteiger charge is -1.97. The zero-order valence-corrected chi connectivity index (χ0v) is 11.9. The Morgan fingerprint density at radius 2 is 2.05 bits per heavy atom. The molecule has 2 heterocycles. The molecule has 0 radical (unpaired) electrons. The number of benzene rings is 1. The van der Waals surface area contributed by atoms with Gasteiger partial charge in [0, 0.05) is 4.47 Å². The van der Waals surface area contributed by atoms with Crippen molar-refractivity contribution in [1.82, 2.24) is 25.2 Å². The third-order valence-electron chi connectivity index (χ3n) is 2.62. The van der Waals surface area contributed by atoms with Crippen LogP contribution in [0.4, 0.5) is 0 Å². The summed E-state index contributed by atoms with van der Waals surface area (Å²) in [6.45, 7) is 0.163. The second kappa shape index (κ2) is 5.51. The van der Waals surface area contributed by atoms with Crippen LogP contribution in [-0.4, -0.2) is 30.3 Å². The summed E-state index contributed by atoms with van der Waals surface area (Å²) >= 11 is 3.44. The minimum Gasteiger partial charge on any atom is -0.419 e. The Morgan fingerprint density at radius 1 is 1.20 bits per heavy atom. The summed E-state index contributed by atoms with van der Waals surface area (Å²) in [7, 11) is 0. The highest BCUT2D eigenvalue weighted by Gasteiger charge is 2.12. The molecule has 0 aliphatic heterocycles. The van der Waals surface area contributed by atoms with E-state index in [0.29, 0.717) is 24.0 Å². The maximum Gasteiger partial charge on any atom is 0.248 e. The van der Waals surface area contributed by atoms with Crippen molar-refractivity contribution in [1.29, 1.82) is 0 Å². The molecule has 0 fully saturated rings. The molecule has 0 amide bonds. The van der Waals surface area contributed by atoms with Crippen LogP contribution in [0.2, 0.25) is 0 Å². The van der Waals surface area contributed by atoms with Crippen LogP contribution >= 0.6 is 15.9 Å². The van der Waals surface area contributed by atoms with E-state index in [2.05, 4.69) is 36.4 Å². The van der Waals surface area contributed by atoms with Crippen LogP contribution in [0.15, 0.2) is 39.4 Å². The van der Waals surface area contributed by atoms with E-state index in [1.54, 1.807) is 6.20 Å². The SMILES string of the molecule is OCc1cn(Cc2nnc(-c3ccccc3Br)o2)nn1. The molecule has 1 N–H and O–H groups in total. The number of aliphatic hydroxyl groups excluding tert-OH is 1. The Morgan fingerprint density at radius 3 is 2.80 bits per heavy atom. The third kappa shape index (κ3) is 2.61. The summed E-state index contributed by atoms with van der Waals surface area (Å²) in [5, 5.41) is 24.5. The highest BCUT2D eigenvalue weighted by Crippen LogP contribution is 2.26. The maximum atomic E-state index is 8.93. The van der Waals surface area contributed by atoms with Crippen LogP contribution in [0.1, 0.15) is 11.6 Å². The highest BCUT2D eigenvalue weighted by atomic mass is 79.9. The summed E-state index contributed by atoms with van der Waals surface area (Å²) in [5.74, 6) is 0.861. The van der Waals surface area contributed by atoms with Gasteiger partial charge in [0.05, 0.1) is 18.4 Å². The van der Waals surface area contributed by atoms with Gasteiger partial charge in [-0.05, 0) is 28.1 Å². The number of nitrogens with zero attached hydrogens (tertiary/aromatic N) is 5. The van der Waals surface area contributed by atoms with E-state index in [1.807, 2.05) is 24.3 Å².